The van der Waals surface area contributed by atoms with Gasteiger partial charge in [0.15, 0.2) is 9.84 Å². The van der Waals surface area contributed by atoms with Gasteiger partial charge in [-0.15, -0.1) is 10.2 Å². The van der Waals surface area contributed by atoms with Gasteiger partial charge in [0.05, 0.1) is 27.7 Å². The third-order valence-electron chi connectivity index (χ3n) is 4.80. The van der Waals surface area contributed by atoms with Crippen molar-refractivity contribution in [2.75, 3.05) is 0 Å². The minimum absolute atomic E-state index is 0. The molecule has 31 heavy (non-hydrogen) atoms. The summed E-state index contributed by atoms with van der Waals surface area (Å²) in [6.07, 6.45) is 1.61. The number of aromatic nitrogens is 4. The van der Waals surface area contributed by atoms with E-state index in [0.717, 1.165) is 5.56 Å². The molecule has 0 saturated heterocycles. The van der Waals surface area contributed by atoms with Crippen LogP contribution in [0.25, 0.3) is 34.3 Å². The number of sulfone groups is 1. The zero-order chi connectivity index (χ0) is 22.2. The van der Waals surface area contributed by atoms with Gasteiger partial charge in [0.25, 0.3) is 5.89 Å². The smallest absolute Gasteiger partial charge is 0.268 e. The van der Waals surface area contributed by atoms with E-state index in [1.165, 1.54) is 12.1 Å². The summed E-state index contributed by atoms with van der Waals surface area (Å²) in [6, 6.07) is 13.0. The predicted molar refractivity (Wildman–Crippen MR) is 119 cm³/mol. The second-order valence-corrected chi connectivity index (χ2v) is 9.77. The van der Waals surface area contributed by atoms with Gasteiger partial charge in [-0.1, -0.05) is 12.1 Å². The Morgan fingerprint density at radius 2 is 1.55 bits per heavy atom. The average molecular weight is 441 g/mol. The molecular weight excluding hydrogens is 416 g/mol. The molecule has 0 aliphatic carbocycles. The molecule has 0 radical (unpaired) electrons. The van der Waals surface area contributed by atoms with E-state index in [4.69, 9.17) is 4.42 Å². The molecule has 0 spiro atoms. The van der Waals surface area contributed by atoms with Crippen molar-refractivity contribution in [2.45, 2.75) is 30.9 Å². The van der Waals surface area contributed by atoms with Gasteiger partial charge in [-0.05, 0) is 57.2 Å². The van der Waals surface area contributed by atoms with Crippen LogP contribution in [0.3, 0.4) is 0 Å². The molecule has 162 valence electrons. The molecule has 1 N–H and O–H groups in total. The number of aromatic hydroxyl groups is 1. The summed E-state index contributed by atoms with van der Waals surface area (Å²) < 4.78 is 30.4. The molecule has 0 fully saturated rings. The lowest BCUT2D eigenvalue weighted by Crippen LogP contribution is -2.13. The molecule has 2 aromatic carbocycles. The Hall–Kier alpha value is -3.59. The van der Waals surface area contributed by atoms with E-state index in [0.29, 0.717) is 28.5 Å². The number of aryl methyl sites for hydroxylation is 1. The number of phenols is 1. The molecule has 0 atom stereocenters. The van der Waals surface area contributed by atoms with E-state index < -0.39 is 15.1 Å². The first-order valence-electron chi connectivity index (χ1n) is 9.57. The highest BCUT2D eigenvalue weighted by molar-refractivity contribution is 7.92. The number of hydrogen-bond donors (Lipinski definition) is 1. The number of nitrogens with zero attached hydrogens (tertiary/aromatic N) is 4. The fourth-order valence-corrected chi connectivity index (χ4v) is 3.98. The maximum absolute atomic E-state index is 12.3. The topological polar surface area (TPSA) is 119 Å². The van der Waals surface area contributed by atoms with E-state index in [-0.39, 0.29) is 19.4 Å². The van der Waals surface area contributed by atoms with Crippen molar-refractivity contribution in [3.63, 3.8) is 0 Å². The van der Waals surface area contributed by atoms with E-state index in [9.17, 15) is 13.5 Å². The van der Waals surface area contributed by atoms with Crippen LogP contribution in [-0.4, -0.2) is 38.9 Å². The van der Waals surface area contributed by atoms with Crippen molar-refractivity contribution >= 4 is 9.84 Å². The quantitative estimate of drug-likeness (QED) is 0.480. The zero-order valence-corrected chi connectivity index (χ0v) is 18.0. The molecule has 0 amide bonds. The van der Waals surface area contributed by atoms with Crippen LogP contribution in [0.4, 0.5) is 0 Å². The Bertz CT molecular complexity index is 1340. The Labute approximate surface area is 182 Å². The third-order valence-corrected chi connectivity index (χ3v) is 6.97. The van der Waals surface area contributed by atoms with Crippen LogP contribution in [0.1, 0.15) is 22.4 Å². The molecule has 0 bridgehead atoms. The normalized spacial score (nSPS) is 11.7. The Morgan fingerprint density at radius 3 is 2.19 bits per heavy atom. The van der Waals surface area contributed by atoms with Crippen LogP contribution in [-0.2, 0) is 9.84 Å². The van der Waals surface area contributed by atoms with Gasteiger partial charge in [-0.3, -0.25) is 4.98 Å². The molecule has 4 rings (SSSR count). The molecule has 0 saturated carbocycles. The SMILES string of the molecule is Cc1ncc(-c2ccc(S(=O)(=O)C(C)C)cc2)nc1-c1nnc(-c2ccc(O)cc2)o1.[HH].[HH]. The first kappa shape index (κ1) is 20.7. The van der Waals surface area contributed by atoms with Gasteiger partial charge in [0, 0.05) is 14.0 Å². The van der Waals surface area contributed by atoms with Crippen LogP contribution in [0.2, 0.25) is 0 Å². The summed E-state index contributed by atoms with van der Waals surface area (Å²) in [5, 5.41) is 17.1. The fourth-order valence-electron chi connectivity index (χ4n) is 2.92. The number of rotatable bonds is 5. The number of phenolic OH excluding ortho intramolecular Hbond substituents is 1. The molecule has 8 nitrogen and oxygen atoms in total. The molecule has 2 heterocycles. The minimum atomic E-state index is -3.35. The summed E-state index contributed by atoms with van der Waals surface area (Å²) in [6.45, 7) is 5.09. The first-order chi connectivity index (χ1) is 14.8. The lowest BCUT2D eigenvalue weighted by atomic mass is 10.1. The zero-order valence-electron chi connectivity index (χ0n) is 17.1. The molecule has 0 aliphatic heterocycles. The van der Waals surface area contributed by atoms with Gasteiger partial charge in [0.1, 0.15) is 11.4 Å². The van der Waals surface area contributed by atoms with Crippen LogP contribution in [0, 0.1) is 6.92 Å². The van der Waals surface area contributed by atoms with Crippen molar-refractivity contribution in [3.8, 4) is 40.0 Å². The molecule has 0 unspecified atom stereocenters. The highest BCUT2D eigenvalue weighted by Crippen LogP contribution is 2.28. The highest BCUT2D eigenvalue weighted by Gasteiger charge is 2.20. The summed E-state index contributed by atoms with van der Waals surface area (Å²) in [5.74, 6) is 0.656. The summed E-state index contributed by atoms with van der Waals surface area (Å²) in [5.41, 5.74) is 2.99. The van der Waals surface area contributed by atoms with Crippen LogP contribution >= 0.6 is 0 Å². The standard InChI is InChI=1S/C22H20N4O4S.2H2/c1-13(2)31(28,29)18-10-6-15(7-11-18)19-12-23-14(3)20(24-19)22-26-25-21(30-22)16-4-8-17(27)9-5-16;;/h4-13,27H,1-3H3;2*1H. The van der Waals surface area contributed by atoms with Crippen molar-refractivity contribution in [3.05, 3.63) is 60.4 Å². The summed E-state index contributed by atoms with van der Waals surface area (Å²) >= 11 is 0. The Morgan fingerprint density at radius 1 is 0.935 bits per heavy atom. The molecule has 0 aliphatic rings. The van der Waals surface area contributed by atoms with Crippen LogP contribution < -0.4 is 0 Å². The van der Waals surface area contributed by atoms with Crippen molar-refractivity contribution < 1.29 is 20.8 Å². The minimum Gasteiger partial charge on any atom is -0.508 e. The average Bonchev–Trinajstić information content (AvgIpc) is 3.24. The monoisotopic (exact) mass is 440 g/mol. The maximum atomic E-state index is 12.3. The van der Waals surface area contributed by atoms with Crippen molar-refractivity contribution in [1.29, 1.82) is 0 Å². The second-order valence-electron chi connectivity index (χ2n) is 7.27. The fraction of sp³-hybridized carbons (Fsp3) is 0.182. The molecule has 2 aromatic heterocycles. The summed E-state index contributed by atoms with van der Waals surface area (Å²) in [7, 11) is -3.35. The van der Waals surface area contributed by atoms with Crippen molar-refractivity contribution in [1.82, 2.24) is 20.2 Å². The lowest BCUT2D eigenvalue weighted by molar-refractivity contribution is 0.475. The largest absolute Gasteiger partial charge is 0.508 e. The maximum Gasteiger partial charge on any atom is 0.268 e. The third kappa shape index (κ3) is 4.04. The van der Waals surface area contributed by atoms with Gasteiger partial charge >= 0.3 is 0 Å². The van der Waals surface area contributed by atoms with Gasteiger partial charge in [-0.25, -0.2) is 13.4 Å². The van der Waals surface area contributed by atoms with Gasteiger partial charge in [0.2, 0.25) is 5.89 Å². The Kier molecular flexibility index (Phi) is 5.28. The van der Waals surface area contributed by atoms with E-state index in [1.54, 1.807) is 63.4 Å². The number of benzene rings is 2. The highest BCUT2D eigenvalue weighted by atomic mass is 32.2. The lowest BCUT2D eigenvalue weighted by Gasteiger charge is -2.09. The van der Waals surface area contributed by atoms with Crippen LogP contribution in [0.15, 0.2) is 64.0 Å². The Balaban J connectivity index is 0.00000193. The van der Waals surface area contributed by atoms with Crippen molar-refractivity contribution in [2.24, 2.45) is 0 Å². The van der Waals surface area contributed by atoms with Gasteiger partial charge < -0.3 is 9.52 Å². The van der Waals surface area contributed by atoms with E-state index >= 15 is 0 Å². The predicted octanol–water partition coefficient (Wildman–Crippen LogP) is 4.55. The second kappa shape index (κ2) is 7.92. The molecule has 4 aromatic rings. The molecular formula is C22H24N4O4S. The van der Waals surface area contributed by atoms with Crippen LogP contribution in [0.5, 0.6) is 5.75 Å². The van der Waals surface area contributed by atoms with E-state index in [1.807, 2.05) is 0 Å². The van der Waals surface area contributed by atoms with E-state index in [2.05, 4.69) is 20.2 Å². The summed E-state index contributed by atoms with van der Waals surface area (Å²) in [4.78, 5) is 9.26. The molecule has 9 heteroatoms. The van der Waals surface area contributed by atoms with Gasteiger partial charge in [-0.2, -0.15) is 0 Å². The first-order valence-corrected chi connectivity index (χ1v) is 11.1. The number of hydrogen-bond acceptors (Lipinski definition) is 8.